The van der Waals surface area contributed by atoms with Crippen LogP contribution in [0.15, 0.2) is 18.2 Å². The van der Waals surface area contributed by atoms with E-state index in [1.165, 1.54) is 6.26 Å². The first-order chi connectivity index (χ1) is 7.47. The van der Waals surface area contributed by atoms with Crippen LogP contribution in [0.4, 0.5) is 5.82 Å². The molecular weight excluding hydrogens is 224 g/mol. The third kappa shape index (κ3) is 2.35. The third-order valence-electron chi connectivity index (χ3n) is 2.95. The number of sulfone groups is 1. The fourth-order valence-electron chi connectivity index (χ4n) is 1.99. The van der Waals surface area contributed by atoms with Crippen molar-refractivity contribution in [3.8, 4) is 0 Å². The van der Waals surface area contributed by atoms with Gasteiger partial charge in [-0.05, 0) is 25.5 Å². The quantitative estimate of drug-likeness (QED) is 0.774. The van der Waals surface area contributed by atoms with Crippen molar-refractivity contribution in [3.63, 3.8) is 0 Å². The molecule has 1 saturated heterocycles. The first kappa shape index (κ1) is 11.4. The molecule has 0 spiro atoms. The molecule has 1 aromatic heterocycles. The van der Waals surface area contributed by atoms with E-state index in [1.54, 1.807) is 0 Å². The highest BCUT2D eigenvalue weighted by molar-refractivity contribution is 7.91. The van der Waals surface area contributed by atoms with E-state index in [2.05, 4.69) is 4.98 Å². The van der Waals surface area contributed by atoms with Gasteiger partial charge in [0.1, 0.15) is 5.82 Å². The molecular formula is C11H16N2O2S. The van der Waals surface area contributed by atoms with Crippen LogP contribution < -0.4 is 4.90 Å². The van der Waals surface area contributed by atoms with Gasteiger partial charge in [0.2, 0.25) is 0 Å². The van der Waals surface area contributed by atoms with Crippen molar-refractivity contribution in [2.24, 2.45) is 0 Å². The van der Waals surface area contributed by atoms with Crippen molar-refractivity contribution in [3.05, 3.63) is 23.9 Å². The van der Waals surface area contributed by atoms with Crippen molar-refractivity contribution >= 4 is 15.7 Å². The molecule has 4 nitrogen and oxygen atoms in total. The van der Waals surface area contributed by atoms with Crippen molar-refractivity contribution < 1.29 is 8.42 Å². The first-order valence-electron chi connectivity index (χ1n) is 5.34. The molecule has 0 radical (unpaired) electrons. The van der Waals surface area contributed by atoms with E-state index >= 15 is 0 Å². The molecule has 1 atom stereocenters. The molecule has 1 aromatic rings. The van der Waals surface area contributed by atoms with Crippen LogP contribution in [-0.4, -0.2) is 38.0 Å². The van der Waals surface area contributed by atoms with Crippen molar-refractivity contribution in [1.82, 2.24) is 4.98 Å². The van der Waals surface area contributed by atoms with E-state index in [9.17, 15) is 8.42 Å². The lowest BCUT2D eigenvalue weighted by molar-refractivity contribution is 0.589. The average molecular weight is 240 g/mol. The molecule has 0 N–H and O–H groups in total. The zero-order valence-corrected chi connectivity index (χ0v) is 10.4. The van der Waals surface area contributed by atoms with Crippen molar-refractivity contribution in [2.75, 3.05) is 24.2 Å². The Bertz CT molecular complexity index is 485. The number of hydrogen-bond acceptors (Lipinski definition) is 4. The predicted octanol–water partition coefficient (Wildman–Crippen LogP) is 1.01. The summed E-state index contributed by atoms with van der Waals surface area (Å²) in [5, 5.41) is -0.241. The molecule has 1 aliphatic heterocycles. The lowest BCUT2D eigenvalue weighted by Crippen LogP contribution is -2.26. The molecule has 0 saturated carbocycles. The Morgan fingerprint density at radius 3 is 2.75 bits per heavy atom. The summed E-state index contributed by atoms with van der Waals surface area (Å²) < 4.78 is 22.9. The molecule has 0 bridgehead atoms. The monoisotopic (exact) mass is 240 g/mol. The van der Waals surface area contributed by atoms with Crippen molar-refractivity contribution in [1.29, 1.82) is 0 Å². The van der Waals surface area contributed by atoms with E-state index < -0.39 is 9.84 Å². The van der Waals surface area contributed by atoms with Gasteiger partial charge in [-0.1, -0.05) is 6.07 Å². The van der Waals surface area contributed by atoms with Gasteiger partial charge in [0, 0.05) is 25.0 Å². The number of anilines is 1. The average Bonchev–Trinajstić information content (AvgIpc) is 2.65. The molecule has 5 heteroatoms. The molecule has 16 heavy (non-hydrogen) atoms. The maximum atomic E-state index is 11.4. The minimum atomic E-state index is -2.92. The fourth-order valence-corrected chi connectivity index (χ4v) is 2.97. The Hall–Kier alpha value is -1.10. The van der Waals surface area contributed by atoms with E-state index in [0.29, 0.717) is 13.0 Å². The van der Waals surface area contributed by atoms with Gasteiger partial charge in [0.05, 0.1) is 5.25 Å². The zero-order chi connectivity index (χ0) is 11.8. The summed E-state index contributed by atoms with van der Waals surface area (Å²) in [5.74, 6) is 0.881. The summed E-state index contributed by atoms with van der Waals surface area (Å²) in [6, 6.07) is 5.82. The number of aryl methyl sites for hydroxylation is 1. The first-order valence-corrected chi connectivity index (χ1v) is 7.30. The second kappa shape index (κ2) is 4.05. The van der Waals surface area contributed by atoms with Crippen LogP contribution in [0.2, 0.25) is 0 Å². The van der Waals surface area contributed by atoms with Gasteiger partial charge < -0.3 is 4.90 Å². The lowest BCUT2D eigenvalue weighted by atomic mass is 10.3. The van der Waals surface area contributed by atoms with E-state index in [-0.39, 0.29) is 5.25 Å². The Labute approximate surface area is 96.2 Å². The normalized spacial score (nSPS) is 21.4. The van der Waals surface area contributed by atoms with Crippen molar-refractivity contribution in [2.45, 2.75) is 18.6 Å². The Kier molecular flexibility index (Phi) is 2.88. The summed E-state index contributed by atoms with van der Waals surface area (Å²) in [4.78, 5) is 6.44. The summed E-state index contributed by atoms with van der Waals surface area (Å²) in [5.41, 5.74) is 0.959. The lowest BCUT2D eigenvalue weighted by Gasteiger charge is -2.17. The summed E-state index contributed by atoms with van der Waals surface area (Å²) in [7, 11) is -2.92. The molecule has 1 fully saturated rings. The maximum absolute atomic E-state index is 11.4. The highest BCUT2D eigenvalue weighted by Gasteiger charge is 2.30. The summed E-state index contributed by atoms with van der Waals surface area (Å²) in [6.07, 6.45) is 2.01. The van der Waals surface area contributed by atoms with Gasteiger partial charge in [0.25, 0.3) is 0 Å². The SMILES string of the molecule is Cc1cccc(N2CCC(S(C)(=O)=O)C2)n1. The standard InChI is InChI=1S/C11H16N2O2S/c1-9-4-3-5-11(12-9)13-7-6-10(8-13)16(2,14)15/h3-5,10H,6-8H2,1-2H3. The highest BCUT2D eigenvalue weighted by atomic mass is 32.2. The number of rotatable bonds is 2. The summed E-state index contributed by atoms with van der Waals surface area (Å²) in [6.45, 7) is 3.27. The largest absolute Gasteiger partial charge is 0.355 e. The van der Waals surface area contributed by atoms with Crippen LogP contribution in [0.25, 0.3) is 0 Å². The molecule has 88 valence electrons. The highest BCUT2D eigenvalue weighted by Crippen LogP contribution is 2.21. The van der Waals surface area contributed by atoms with Gasteiger partial charge in [-0.3, -0.25) is 0 Å². The zero-order valence-electron chi connectivity index (χ0n) is 9.55. The van der Waals surface area contributed by atoms with Gasteiger partial charge in [0.15, 0.2) is 9.84 Å². The Morgan fingerprint density at radius 1 is 1.44 bits per heavy atom. The van der Waals surface area contributed by atoms with E-state index in [4.69, 9.17) is 0 Å². The van der Waals surface area contributed by atoms with E-state index in [0.717, 1.165) is 18.1 Å². The molecule has 1 unspecified atom stereocenters. The number of hydrogen-bond donors (Lipinski definition) is 0. The van der Waals surface area contributed by atoms with Crippen LogP contribution in [0.5, 0.6) is 0 Å². The number of aromatic nitrogens is 1. The van der Waals surface area contributed by atoms with Gasteiger partial charge >= 0.3 is 0 Å². The minimum Gasteiger partial charge on any atom is -0.355 e. The van der Waals surface area contributed by atoms with Gasteiger partial charge in [-0.15, -0.1) is 0 Å². The number of nitrogens with zero attached hydrogens (tertiary/aromatic N) is 2. The molecule has 0 amide bonds. The molecule has 0 aliphatic carbocycles. The Morgan fingerprint density at radius 2 is 2.19 bits per heavy atom. The molecule has 2 heterocycles. The van der Waals surface area contributed by atoms with Crippen LogP contribution in [0, 0.1) is 6.92 Å². The van der Waals surface area contributed by atoms with Crippen LogP contribution in [0.3, 0.4) is 0 Å². The molecule has 2 rings (SSSR count). The smallest absolute Gasteiger partial charge is 0.152 e. The second-order valence-electron chi connectivity index (χ2n) is 4.32. The summed E-state index contributed by atoms with van der Waals surface area (Å²) >= 11 is 0. The van der Waals surface area contributed by atoms with E-state index in [1.807, 2.05) is 30.0 Å². The topological polar surface area (TPSA) is 50.3 Å². The predicted molar refractivity (Wildman–Crippen MR) is 64.4 cm³/mol. The molecule has 1 aliphatic rings. The van der Waals surface area contributed by atoms with Crippen LogP contribution in [-0.2, 0) is 9.84 Å². The fraction of sp³-hybridized carbons (Fsp3) is 0.545. The Balaban J connectivity index is 2.15. The second-order valence-corrected chi connectivity index (χ2v) is 6.65. The van der Waals surface area contributed by atoms with Crippen LogP contribution >= 0.6 is 0 Å². The third-order valence-corrected chi connectivity index (χ3v) is 4.54. The molecule has 0 aromatic carbocycles. The number of pyridine rings is 1. The minimum absolute atomic E-state index is 0.241. The van der Waals surface area contributed by atoms with Crippen LogP contribution in [0.1, 0.15) is 12.1 Å². The maximum Gasteiger partial charge on any atom is 0.152 e. The van der Waals surface area contributed by atoms with Gasteiger partial charge in [-0.2, -0.15) is 0 Å². The van der Waals surface area contributed by atoms with Gasteiger partial charge in [-0.25, -0.2) is 13.4 Å².